The Balaban J connectivity index is 2.48. The lowest BCUT2D eigenvalue weighted by Gasteiger charge is -1.99. The predicted octanol–water partition coefficient (Wildman–Crippen LogP) is 0.506. The fourth-order valence-corrected chi connectivity index (χ4v) is 1.000. The van der Waals surface area contributed by atoms with Crippen molar-refractivity contribution in [2.75, 3.05) is 0 Å². The van der Waals surface area contributed by atoms with Crippen LogP contribution in [0.25, 0.3) is 5.69 Å². The Labute approximate surface area is 69.3 Å². The van der Waals surface area contributed by atoms with Crippen LogP contribution in [-0.4, -0.2) is 9.78 Å². The summed E-state index contributed by atoms with van der Waals surface area (Å²) in [6, 6.07) is 5.31. The van der Waals surface area contributed by atoms with Crippen LogP contribution in [0.4, 0.5) is 0 Å². The van der Waals surface area contributed by atoms with Gasteiger partial charge in [0.2, 0.25) is 6.20 Å². The van der Waals surface area contributed by atoms with E-state index < -0.39 is 0 Å². The molecule has 2 aromatic heterocycles. The lowest BCUT2D eigenvalue weighted by Crippen LogP contribution is -2.24. The predicted molar refractivity (Wildman–Crippen MR) is 42.5 cm³/mol. The largest absolute Gasteiger partial charge is 0.619 e. The Kier molecular flexibility index (Phi) is 1.51. The molecule has 0 saturated heterocycles. The molecule has 2 aromatic rings. The van der Waals surface area contributed by atoms with E-state index in [1.54, 1.807) is 23.1 Å². The van der Waals surface area contributed by atoms with Gasteiger partial charge in [-0.3, -0.25) is 0 Å². The van der Waals surface area contributed by atoms with Crippen LogP contribution in [0.3, 0.4) is 0 Å². The molecule has 0 aliphatic rings. The van der Waals surface area contributed by atoms with E-state index >= 15 is 0 Å². The number of hydrogen-bond donors (Lipinski definition) is 0. The van der Waals surface area contributed by atoms with Crippen LogP contribution < -0.4 is 4.73 Å². The number of nitrogens with zero attached hydrogens (tertiary/aromatic N) is 3. The van der Waals surface area contributed by atoms with E-state index in [0.717, 1.165) is 10.4 Å². The van der Waals surface area contributed by atoms with E-state index in [2.05, 4.69) is 5.10 Å². The third kappa shape index (κ3) is 1.14. The second-order valence-electron chi connectivity index (χ2n) is 2.37. The molecule has 0 amide bonds. The van der Waals surface area contributed by atoms with Gasteiger partial charge in [-0.15, -0.1) is 0 Å². The van der Waals surface area contributed by atoms with Crippen molar-refractivity contribution in [1.82, 2.24) is 9.78 Å². The minimum absolute atomic E-state index is 0.747. The van der Waals surface area contributed by atoms with Gasteiger partial charge < -0.3 is 5.21 Å². The minimum atomic E-state index is 0.747. The molecule has 2 rings (SSSR count). The molecule has 4 heteroatoms. The van der Waals surface area contributed by atoms with Gasteiger partial charge in [-0.05, 0) is 12.1 Å². The Hall–Kier alpha value is -1.84. The van der Waals surface area contributed by atoms with Crippen molar-refractivity contribution in [2.24, 2.45) is 0 Å². The average molecular weight is 161 g/mol. The lowest BCUT2D eigenvalue weighted by atomic mass is 10.4. The zero-order chi connectivity index (χ0) is 8.39. The first-order chi connectivity index (χ1) is 5.86. The molecule has 0 radical (unpaired) electrons. The number of aromatic nitrogens is 3. The SMILES string of the molecule is [O-][n+]1cccc(-n2cccn2)c1. The summed E-state index contributed by atoms with van der Waals surface area (Å²) < 4.78 is 2.38. The van der Waals surface area contributed by atoms with Gasteiger partial charge in [0, 0.05) is 18.5 Å². The summed E-state index contributed by atoms with van der Waals surface area (Å²) in [6.45, 7) is 0. The summed E-state index contributed by atoms with van der Waals surface area (Å²) in [4.78, 5) is 0. The highest BCUT2D eigenvalue weighted by atomic mass is 16.5. The summed E-state index contributed by atoms with van der Waals surface area (Å²) in [5.41, 5.74) is 0.762. The molecule has 0 atom stereocenters. The van der Waals surface area contributed by atoms with Gasteiger partial charge in [-0.1, -0.05) is 0 Å². The van der Waals surface area contributed by atoms with Crippen molar-refractivity contribution >= 4 is 0 Å². The van der Waals surface area contributed by atoms with E-state index in [-0.39, 0.29) is 0 Å². The number of hydrogen-bond acceptors (Lipinski definition) is 2. The van der Waals surface area contributed by atoms with Gasteiger partial charge in [0.15, 0.2) is 6.20 Å². The summed E-state index contributed by atoms with van der Waals surface area (Å²) in [5.74, 6) is 0. The van der Waals surface area contributed by atoms with Crippen LogP contribution in [0, 0.1) is 5.21 Å². The smallest absolute Gasteiger partial charge is 0.206 e. The van der Waals surface area contributed by atoms with Gasteiger partial charge in [0.1, 0.15) is 5.69 Å². The van der Waals surface area contributed by atoms with Crippen LogP contribution in [0.2, 0.25) is 0 Å². The van der Waals surface area contributed by atoms with Gasteiger partial charge in [-0.25, -0.2) is 4.68 Å². The minimum Gasteiger partial charge on any atom is -0.619 e. The Morgan fingerprint density at radius 2 is 2.33 bits per heavy atom. The van der Waals surface area contributed by atoms with Crippen LogP contribution in [0.1, 0.15) is 0 Å². The standard InChI is InChI=1S/C8H7N3O/c12-10-5-1-3-8(7-10)11-6-2-4-9-11/h1-7H. The summed E-state index contributed by atoms with van der Waals surface area (Å²) in [5, 5.41) is 14.9. The first-order valence-corrected chi connectivity index (χ1v) is 3.55. The van der Waals surface area contributed by atoms with Crippen molar-refractivity contribution in [3.63, 3.8) is 0 Å². The zero-order valence-electron chi connectivity index (χ0n) is 6.29. The van der Waals surface area contributed by atoms with E-state index in [4.69, 9.17) is 0 Å². The van der Waals surface area contributed by atoms with E-state index in [1.165, 1.54) is 12.4 Å². The quantitative estimate of drug-likeness (QED) is 0.451. The highest BCUT2D eigenvalue weighted by molar-refractivity contribution is 5.23. The number of pyridine rings is 1. The third-order valence-electron chi connectivity index (χ3n) is 1.53. The Bertz CT molecular complexity index is 370. The molecule has 0 aromatic carbocycles. The van der Waals surface area contributed by atoms with Crippen molar-refractivity contribution in [2.45, 2.75) is 0 Å². The third-order valence-corrected chi connectivity index (χ3v) is 1.53. The molecule has 0 N–H and O–H groups in total. The highest BCUT2D eigenvalue weighted by Gasteiger charge is 1.97. The topological polar surface area (TPSA) is 44.8 Å². The maximum Gasteiger partial charge on any atom is 0.206 e. The van der Waals surface area contributed by atoms with E-state index in [9.17, 15) is 5.21 Å². The molecule has 4 nitrogen and oxygen atoms in total. The summed E-state index contributed by atoms with van der Waals surface area (Å²) in [7, 11) is 0. The molecule has 0 bridgehead atoms. The molecule has 12 heavy (non-hydrogen) atoms. The van der Waals surface area contributed by atoms with E-state index in [0.29, 0.717) is 0 Å². The highest BCUT2D eigenvalue weighted by Crippen LogP contribution is 2.00. The van der Waals surface area contributed by atoms with Gasteiger partial charge in [0.25, 0.3) is 0 Å². The van der Waals surface area contributed by atoms with Crippen molar-refractivity contribution in [3.05, 3.63) is 48.2 Å². The fourth-order valence-electron chi connectivity index (χ4n) is 1.000. The second-order valence-corrected chi connectivity index (χ2v) is 2.37. The normalized spacial score (nSPS) is 10.0. The molecule has 0 spiro atoms. The molecule has 60 valence electrons. The van der Waals surface area contributed by atoms with Gasteiger partial charge in [0.05, 0.1) is 0 Å². The molecule has 0 unspecified atom stereocenters. The van der Waals surface area contributed by atoms with E-state index in [1.807, 2.05) is 12.1 Å². The fraction of sp³-hybridized carbons (Fsp3) is 0. The van der Waals surface area contributed by atoms with Crippen LogP contribution >= 0.6 is 0 Å². The summed E-state index contributed by atoms with van der Waals surface area (Å²) in [6.07, 6.45) is 6.36. The molecule has 0 fully saturated rings. The van der Waals surface area contributed by atoms with Crippen molar-refractivity contribution in [3.8, 4) is 5.69 Å². The van der Waals surface area contributed by atoms with Crippen LogP contribution in [0.5, 0.6) is 0 Å². The molecule has 0 saturated carbocycles. The lowest BCUT2D eigenvalue weighted by molar-refractivity contribution is -0.605. The maximum absolute atomic E-state index is 10.9. The maximum atomic E-state index is 10.9. The first-order valence-electron chi connectivity index (χ1n) is 3.55. The van der Waals surface area contributed by atoms with Gasteiger partial charge >= 0.3 is 0 Å². The molecular formula is C8H7N3O. The zero-order valence-corrected chi connectivity index (χ0v) is 6.29. The molecule has 0 aliphatic carbocycles. The Morgan fingerprint density at radius 1 is 1.42 bits per heavy atom. The van der Waals surface area contributed by atoms with Crippen molar-refractivity contribution in [1.29, 1.82) is 0 Å². The molecule has 0 aliphatic heterocycles. The molecular weight excluding hydrogens is 154 g/mol. The van der Waals surface area contributed by atoms with Gasteiger partial charge in [-0.2, -0.15) is 9.83 Å². The van der Waals surface area contributed by atoms with Crippen molar-refractivity contribution < 1.29 is 4.73 Å². The average Bonchev–Trinajstić information content (AvgIpc) is 2.56. The number of rotatable bonds is 1. The summed E-state index contributed by atoms with van der Waals surface area (Å²) >= 11 is 0. The molecule has 2 heterocycles. The van der Waals surface area contributed by atoms with Crippen LogP contribution in [-0.2, 0) is 0 Å². The Morgan fingerprint density at radius 3 is 3.00 bits per heavy atom. The first kappa shape index (κ1) is 6.84. The monoisotopic (exact) mass is 161 g/mol. The second kappa shape index (κ2) is 2.65. The van der Waals surface area contributed by atoms with Crippen LogP contribution in [0.15, 0.2) is 43.0 Å².